The highest BCUT2D eigenvalue weighted by Crippen LogP contribution is 2.19. The van der Waals surface area contributed by atoms with Crippen molar-refractivity contribution in [2.45, 2.75) is 13.3 Å². The molecule has 0 fully saturated rings. The van der Waals surface area contributed by atoms with Gasteiger partial charge in [-0.3, -0.25) is 9.59 Å². The molecule has 2 aromatic carbocycles. The number of amides is 2. The molecular weight excluding hydrogens is 363 g/mol. The summed E-state index contributed by atoms with van der Waals surface area (Å²) in [6.45, 7) is 2.06. The van der Waals surface area contributed by atoms with Gasteiger partial charge in [0.05, 0.1) is 16.5 Å². The molecule has 0 aromatic heterocycles. The SMILES string of the molecule is CCc1ccc(NC(=O)CSCC(=O)Nc2ccc(F)c(Cl)c2)cc1. The molecule has 0 atom stereocenters. The average molecular weight is 381 g/mol. The van der Waals surface area contributed by atoms with Crippen molar-refractivity contribution >= 4 is 46.6 Å². The minimum Gasteiger partial charge on any atom is -0.325 e. The normalized spacial score (nSPS) is 10.4. The van der Waals surface area contributed by atoms with Crippen molar-refractivity contribution in [1.29, 1.82) is 0 Å². The number of aryl methyl sites for hydroxylation is 1. The van der Waals surface area contributed by atoms with Gasteiger partial charge in [0.15, 0.2) is 0 Å². The molecule has 0 aliphatic carbocycles. The predicted molar refractivity (Wildman–Crippen MR) is 102 cm³/mol. The van der Waals surface area contributed by atoms with E-state index >= 15 is 0 Å². The summed E-state index contributed by atoms with van der Waals surface area (Å²) in [7, 11) is 0. The Labute approximate surface area is 155 Å². The number of benzene rings is 2. The zero-order valence-electron chi connectivity index (χ0n) is 13.6. The van der Waals surface area contributed by atoms with E-state index in [9.17, 15) is 14.0 Å². The van der Waals surface area contributed by atoms with Gasteiger partial charge in [0.2, 0.25) is 11.8 Å². The van der Waals surface area contributed by atoms with E-state index in [1.54, 1.807) is 0 Å². The minimum atomic E-state index is -0.544. The molecule has 2 aromatic rings. The zero-order chi connectivity index (χ0) is 18.2. The van der Waals surface area contributed by atoms with E-state index in [1.165, 1.54) is 35.5 Å². The summed E-state index contributed by atoms with van der Waals surface area (Å²) in [5.41, 5.74) is 2.34. The largest absolute Gasteiger partial charge is 0.325 e. The smallest absolute Gasteiger partial charge is 0.234 e. The highest BCUT2D eigenvalue weighted by Gasteiger charge is 2.08. The molecule has 2 amide bonds. The Bertz CT molecular complexity index is 753. The summed E-state index contributed by atoms with van der Waals surface area (Å²) < 4.78 is 13.1. The van der Waals surface area contributed by atoms with E-state index in [2.05, 4.69) is 17.6 Å². The number of carbonyl (C=O) groups is 2. The maximum atomic E-state index is 13.1. The molecule has 0 spiro atoms. The second-order valence-corrected chi connectivity index (χ2v) is 6.66. The van der Waals surface area contributed by atoms with Crippen LogP contribution in [0.5, 0.6) is 0 Å². The monoisotopic (exact) mass is 380 g/mol. The molecule has 0 radical (unpaired) electrons. The molecule has 132 valence electrons. The Morgan fingerprint density at radius 3 is 2.12 bits per heavy atom. The Kier molecular flexibility index (Phi) is 7.28. The van der Waals surface area contributed by atoms with Gasteiger partial charge in [-0.05, 0) is 42.3 Å². The van der Waals surface area contributed by atoms with Crippen molar-refractivity contribution in [3.05, 3.63) is 58.9 Å². The second-order valence-electron chi connectivity index (χ2n) is 5.27. The molecule has 0 saturated heterocycles. The highest BCUT2D eigenvalue weighted by atomic mass is 35.5. The van der Waals surface area contributed by atoms with Crippen LogP contribution < -0.4 is 10.6 Å². The Morgan fingerprint density at radius 2 is 1.56 bits per heavy atom. The third kappa shape index (κ3) is 6.40. The maximum Gasteiger partial charge on any atom is 0.234 e. The van der Waals surface area contributed by atoms with Crippen LogP contribution in [0.2, 0.25) is 5.02 Å². The summed E-state index contributed by atoms with van der Waals surface area (Å²) in [6, 6.07) is 11.6. The third-order valence-corrected chi connectivity index (χ3v) is 4.54. The lowest BCUT2D eigenvalue weighted by Crippen LogP contribution is -2.18. The van der Waals surface area contributed by atoms with Crippen molar-refractivity contribution in [1.82, 2.24) is 0 Å². The van der Waals surface area contributed by atoms with E-state index in [0.717, 1.165) is 12.1 Å². The Hall–Kier alpha value is -2.05. The quantitative estimate of drug-likeness (QED) is 0.750. The van der Waals surface area contributed by atoms with Crippen LogP contribution >= 0.6 is 23.4 Å². The van der Waals surface area contributed by atoms with E-state index < -0.39 is 5.82 Å². The van der Waals surface area contributed by atoms with Crippen molar-refractivity contribution in [3.63, 3.8) is 0 Å². The molecule has 0 heterocycles. The van der Waals surface area contributed by atoms with Crippen molar-refractivity contribution < 1.29 is 14.0 Å². The lowest BCUT2D eigenvalue weighted by atomic mass is 10.1. The molecule has 2 N–H and O–H groups in total. The van der Waals surface area contributed by atoms with Crippen LogP contribution in [0.3, 0.4) is 0 Å². The fourth-order valence-corrected chi connectivity index (χ4v) is 2.83. The molecule has 0 unspecified atom stereocenters. The van der Waals surface area contributed by atoms with Crippen LogP contribution in [0.25, 0.3) is 0 Å². The van der Waals surface area contributed by atoms with Gasteiger partial charge >= 0.3 is 0 Å². The van der Waals surface area contributed by atoms with E-state index in [1.807, 2.05) is 24.3 Å². The molecule has 0 bridgehead atoms. The number of hydrogen-bond donors (Lipinski definition) is 2. The van der Waals surface area contributed by atoms with Gasteiger partial charge in [-0.1, -0.05) is 30.7 Å². The number of thioether (sulfide) groups is 1. The van der Waals surface area contributed by atoms with Crippen LogP contribution in [-0.4, -0.2) is 23.3 Å². The summed E-state index contributed by atoms with van der Waals surface area (Å²) in [6.07, 6.45) is 0.943. The Morgan fingerprint density at radius 1 is 1.00 bits per heavy atom. The van der Waals surface area contributed by atoms with Gasteiger partial charge < -0.3 is 10.6 Å². The first kappa shape index (κ1) is 19.3. The standard InChI is InChI=1S/C18H18ClFN2O2S/c1-2-12-3-5-13(6-4-12)21-17(23)10-25-11-18(24)22-14-7-8-16(20)15(19)9-14/h3-9H,2,10-11H2,1H3,(H,21,23)(H,22,24). The van der Waals surface area contributed by atoms with Crippen LogP contribution in [0.15, 0.2) is 42.5 Å². The summed E-state index contributed by atoms with van der Waals surface area (Å²) in [4.78, 5) is 23.7. The van der Waals surface area contributed by atoms with Crippen LogP contribution in [-0.2, 0) is 16.0 Å². The first-order valence-corrected chi connectivity index (χ1v) is 9.22. The van der Waals surface area contributed by atoms with Crippen molar-refractivity contribution in [2.24, 2.45) is 0 Å². The maximum absolute atomic E-state index is 13.1. The molecule has 7 heteroatoms. The summed E-state index contributed by atoms with van der Waals surface area (Å²) in [5, 5.41) is 5.33. The van der Waals surface area contributed by atoms with Crippen LogP contribution in [0.4, 0.5) is 15.8 Å². The second kappa shape index (κ2) is 9.44. The van der Waals surface area contributed by atoms with Crippen LogP contribution in [0, 0.1) is 5.82 Å². The predicted octanol–water partition coefficient (Wildman–Crippen LogP) is 4.35. The highest BCUT2D eigenvalue weighted by molar-refractivity contribution is 8.00. The number of nitrogens with one attached hydrogen (secondary N) is 2. The number of halogens is 2. The van der Waals surface area contributed by atoms with Crippen molar-refractivity contribution in [3.8, 4) is 0 Å². The van der Waals surface area contributed by atoms with Crippen molar-refractivity contribution in [2.75, 3.05) is 22.1 Å². The number of rotatable bonds is 7. The molecule has 2 rings (SSSR count). The lowest BCUT2D eigenvalue weighted by Gasteiger charge is -2.07. The number of carbonyl (C=O) groups excluding carboxylic acids is 2. The Balaban J connectivity index is 1.72. The van der Waals surface area contributed by atoms with E-state index in [4.69, 9.17) is 11.6 Å². The van der Waals surface area contributed by atoms with Gasteiger partial charge in [-0.25, -0.2) is 4.39 Å². The lowest BCUT2D eigenvalue weighted by molar-refractivity contribution is -0.114. The first-order valence-electron chi connectivity index (χ1n) is 7.69. The van der Waals surface area contributed by atoms with Gasteiger partial charge in [0.1, 0.15) is 5.82 Å². The van der Waals surface area contributed by atoms with Gasteiger partial charge in [-0.2, -0.15) is 0 Å². The third-order valence-electron chi connectivity index (χ3n) is 3.32. The topological polar surface area (TPSA) is 58.2 Å². The average Bonchev–Trinajstić information content (AvgIpc) is 2.59. The van der Waals surface area contributed by atoms with Gasteiger partial charge in [0.25, 0.3) is 0 Å². The molecule has 0 aliphatic rings. The zero-order valence-corrected chi connectivity index (χ0v) is 15.2. The number of hydrogen-bond acceptors (Lipinski definition) is 3. The fourth-order valence-electron chi connectivity index (χ4n) is 2.03. The number of anilines is 2. The van der Waals surface area contributed by atoms with Crippen LogP contribution in [0.1, 0.15) is 12.5 Å². The summed E-state index contributed by atoms with van der Waals surface area (Å²) >= 11 is 6.85. The molecule has 0 aliphatic heterocycles. The van der Waals surface area contributed by atoms with Gasteiger partial charge in [0, 0.05) is 11.4 Å². The van der Waals surface area contributed by atoms with Gasteiger partial charge in [-0.15, -0.1) is 11.8 Å². The van der Waals surface area contributed by atoms with E-state index in [0.29, 0.717) is 5.69 Å². The molecule has 0 saturated carbocycles. The first-order chi connectivity index (χ1) is 12.0. The molecule has 25 heavy (non-hydrogen) atoms. The van der Waals surface area contributed by atoms with E-state index in [-0.39, 0.29) is 28.3 Å². The molecular formula is C18H18ClFN2O2S. The minimum absolute atomic E-state index is 0.0566. The summed E-state index contributed by atoms with van der Waals surface area (Å²) in [5.74, 6) is -0.734. The fraction of sp³-hybridized carbons (Fsp3) is 0.222. The molecule has 4 nitrogen and oxygen atoms in total.